The van der Waals surface area contributed by atoms with E-state index < -0.39 is 0 Å². The van der Waals surface area contributed by atoms with Crippen LogP contribution in [-0.2, 0) is 0 Å². The molecule has 104 valence electrons. The second kappa shape index (κ2) is 6.04. The maximum Gasteiger partial charge on any atom is 0.272 e. The summed E-state index contributed by atoms with van der Waals surface area (Å²) < 4.78 is 0. The first-order chi connectivity index (χ1) is 9.11. The highest BCUT2D eigenvalue weighted by Crippen LogP contribution is 2.25. The van der Waals surface area contributed by atoms with Gasteiger partial charge in [-0.2, -0.15) is 0 Å². The molecule has 1 aromatic rings. The van der Waals surface area contributed by atoms with Crippen molar-refractivity contribution in [1.29, 1.82) is 0 Å². The maximum absolute atomic E-state index is 12.4. The van der Waals surface area contributed by atoms with Gasteiger partial charge in [0.25, 0.3) is 5.91 Å². The largest absolute Gasteiger partial charge is 0.388 e. The Morgan fingerprint density at radius 3 is 2.68 bits per heavy atom. The molecule has 0 bridgehead atoms. The molecule has 1 aliphatic heterocycles. The third-order valence-electron chi connectivity index (χ3n) is 4.04. The summed E-state index contributed by atoms with van der Waals surface area (Å²) in [5.41, 5.74) is 1.46. The Hall–Kier alpha value is -1.58. The van der Waals surface area contributed by atoms with Crippen LogP contribution in [0.1, 0.15) is 37.2 Å². The van der Waals surface area contributed by atoms with Gasteiger partial charge in [-0.15, -0.1) is 0 Å². The average Bonchev–Trinajstić information content (AvgIpc) is 2.46. The Morgan fingerprint density at radius 2 is 2.11 bits per heavy atom. The van der Waals surface area contributed by atoms with Crippen LogP contribution in [0.15, 0.2) is 18.3 Å². The number of hydrogen-bond donors (Lipinski definition) is 1. The number of hydrogen-bond acceptors (Lipinski definition) is 3. The highest BCUT2D eigenvalue weighted by atomic mass is 16.2. The first-order valence-corrected chi connectivity index (χ1v) is 7.05. The van der Waals surface area contributed by atoms with Crippen LogP contribution in [0.25, 0.3) is 0 Å². The van der Waals surface area contributed by atoms with E-state index in [4.69, 9.17) is 0 Å². The molecule has 0 unspecified atom stereocenters. The standard InChI is InChI=1S/C15H23N3O/c1-11(2)12-5-8-18(9-6-12)15(19)14-10-13(16-3)4-7-17-14/h4,7,10-12H,5-6,8-9H2,1-3H3,(H,16,17). The summed E-state index contributed by atoms with van der Waals surface area (Å²) in [4.78, 5) is 18.5. The molecule has 2 heterocycles. The number of rotatable bonds is 3. The van der Waals surface area contributed by atoms with Crippen molar-refractivity contribution in [2.75, 3.05) is 25.5 Å². The topological polar surface area (TPSA) is 45.2 Å². The lowest BCUT2D eigenvalue weighted by molar-refractivity contribution is 0.0662. The molecule has 1 aliphatic rings. The van der Waals surface area contributed by atoms with Crippen molar-refractivity contribution in [1.82, 2.24) is 9.88 Å². The second-order valence-electron chi connectivity index (χ2n) is 5.55. The maximum atomic E-state index is 12.4. The number of likely N-dealkylation sites (tertiary alicyclic amines) is 1. The fourth-order valence-electron chi connectivity index (χ4n) is 2.63. The summed E-state index contributed by atoms with van der Waals surface area (Å²) in [5, 5.41) is 3.04. The van der Waals surface area contributed by atoms with Crippen molar-refractivity contribution in [3.8, 4) is 0 Å². The Bertz CT molecular complexity index is 437. The second-order valence-corrected chi connectivity index (χ2v) is 5.55. The molecule has 19 heavy (non-hydrogen) atoms. The molecule has 0 aliphatic carbocycles. The van der Waals surface area contributed by atoms with E-state index in [9.17, 15) is 4.79 Å². The summed E-state index contributed by atoms with van der Waals surface area (Å²) in [5.74, 6) is 1.52. The van der Waals surface area contributed by atoms with E-state index in [1.165, 1.54) is 0 Å². The molecule has 0 radical (unpaired) electrons. The van der Waals surface area contributed by atoms with Gasteiger partial charge in [-0.3, -0.25) is 9.78 Å². The molecular weight excluding hydrogens is 238 g/mol. The third kappa shape index (κ3) is 3.25. The van der Waals surface area contributed by atoms with Crippen molar-refractivity contribution < 1.29 is 4.79 Å². The summed E-state index contributed by atoms with van der Waals surface area (Å²) >= 11 is 0. The summed E-state index contributed by atoms with van der Waals surface area (Å²) in [6.45, 7) is 6.24. The van der Waals surface area contributed by atoms with Crippen molar-refractivity contribution in [2.24, 2.45) is 11.8 Å². The lowest BCUT2D eigenvalue weighted by atomic mass is 9.86. The van der Waals surface area contributed by atoms with Crippen LogP contribution in [0, 0.1) is 11.8 Å². The summed E-state index contributed by atoms with van der Waals surface area (Å²) in [6.07, 6.45) is 3.89. The van der Waals surface area contributed by atoms with Gasteiger partial charge in [0.1, 0.15) is 5.69 Å². The van der Waals surface area contributed by atoms with Crippen LogP contribution in [-0.4, -0.2) is 35.9 Å². The Morgan fingerprint density at radius 1 is 1.42 bits per heavy atom. The van der Waals surface area contributed by atoms with Gasteiger partial charge >= 0.3 is 0 Å². The van der Waals surface area contributed by atoms with Crippen LogP contribution in [0.5, 0.6) is 0 Å². The number of carbonyl (C=O) groups excluding carboxylic acids is 1. The Balaban J connectivity index is 2.01. The minimum Gasteiger partial charge on any atom is -0.388 e. The van der Waals surface area contributed by atoms with E-state index in [2.05, 4.69) is 24.1 Å². The van der Waals surface area contributed by atoms with Gasteiger partial charge in [0.05, 0.1) is 0 Å². The van der Waals surface area contributed by atoms with Gasteiger partial charge in [0.2, 0.25) is 0 Å². The van der Waals surface area contributed by atoms with Gasteiger partial charge < -0.3 is 10.2 Å². The van der Waals surface area contributed by atoms with Gasteiger partial charge in [-0.05, 0) is 36.8 Å². The Kier molecular flexibility index (Phi) is 4.40. The van der Waals surface area contributed by atoms with Crippen molar-refractivity contribution >= 4 is 11.6 Å². The van der Waals surface area contributed by atoms with Crippen LogP contribution in [0.4, 0.5) is 5.69 Å². The molecule has 4 heteroatoms. The van der Waals surface area contributed by atoms with E-state index in [1.807, 2.05) is 24.1 Å². The van der Waals surface area contributed by atoms with Crippen LogP contribution >= 0.6 is 0 Å². The van der Waals surface area contributed by atoms with Gasteiger partial charge in [0.15, 0.2) is 0 Å². The molecule has 0 atom stereocenters. The molecule has 1 saturated heterocycles. The Labute approximate surface area is 115 Å². The number of carbonyl (C=O) groups is 1. The zero-order valence-corrected chi connectivity index (χ0v) is 12.0. The van der Waals surface area contributed by atoms with Gasteiger partial charge in [-0.1, -0.05) is 13.8 Å². The highest BCUT2D eigenvalue weighted by Gasteiger charge is 2.25. The number of aromatic nitrogens is 1. The molecule has 0 aromatic carbocycles. The molecule has 2 rings (SSSR count). The number of pyridine rings is 1. The number of amides is 1. The lowest BCUT2D eigenvalue weighted by Crippen LogP contribution is -2.39. The van der Waals surface area contributed by atoms with Crippen LogP contribution in [0.2, 0.25) is 0 Å². The monoisotopic (exact) mass is 261 g/mol. The molecular formula is C15H23N3O. The number of nitrogens with zero attached hydrogens (tertiary/aromatic N) is 2. The van der Waals surface area contributed by atoms with E-state index in [1.54, 1.807) is 6.20 Å². The molecule has 1 N–H and O–H groups in total. The fourth-order valence-corrected chi connectivity index (χ4v) is 2.63. The highest BCUT2D eigenvalue weighted by molar-refractivity contribution is 5.93. The average molecular weight is 261 g/mol. The SMILES string of the molecule is CNc1ccnc(C(=O)N2CCC(C(C)C)CC2)c1. The van der Waals surface area contributed by atoms with Gasteiger partial charge in [-0.25, -0.2) is 0 Å². The van der Waals surface area contributed by atoms with E-state index in [0.29, 0.717) is 11.6 Å². The summed E-state index contributed by atoms with van der Waals surface area (Å²) in [6, 6.07) is 3.68. The minimum absolute atomic E-state index is 0.0549. The van der Waals surface area contributed by atoms with E-state index in [-0.39, 0.29) is 5.91 Å². The quantitative estimate of drug-likeness (QED) is 0.909. The first kappa shape index (κ1) is 13.8. The molecule has 1 amide bonds. The van der Waals surface area contributed by atoms with Crippen LogP contribution in [0.3, 0.4) is 0 Å². The molecule has 1 fully saturated rings. The summed E-state index contributed by atoms with van der Waals surface area (Å²) in [7, 11) is 1.84. The van der Waals surface area contributed by atoms with Crippen molar-refractivity contribution in [3.63, 3.8) is 0 Å². The number of anilines is 1. The third-order valence-corrected chi connectivity index (χ3v) is 4.04. The number of piperidine rings is 1. The van der Waals surface area contributed by atoms with E-state index >= 15 is 0 Å². The molecule has 0 spiro atoms. The normalized spacial score (nSPS) is 16.7. The minimum atomic E-state index is 0.0549. The fraction of sp³-hybridized carbons (Fsp3) is 0.600. The van der Waals surface area contributed by atoms with Crippen LogP contribution < -0.4 is 5.32 Å². The van der Waals surface area contributed by atoms with Crippen molar-refractivity contribution in [2.45, 2.75) is 26.7 Å². The molecule has 4 nitrogen and oxygen atoms in total. The predicted octanol–water partition coefficient (Wildman–Crippen LogP) is 2.63. The predicted molar refractivity (Wildman–Crippen MR) is 77.2 cm³/mol. The lowest BCUT2D eigenvalue weighted by Gasteiger charge is -2.33. The smallest absolute Gasteiger partial charge is 0.272 e. The number of nitrogens with one attached hydrogen (secondary N) is 1. The zero-order valence-electron chi connectivity index (χ0n) is 12.0. The van der Waals surface area contributed by atoms with Crippen molar-refractivity contribution in [3.05, 3.63) is 24.0 Å². The first-order valence-electron chi connectivity index (χ1n) is 7.05. The van der Waals surface area contributed by atoms with E-state index in [0.717, 1.165) is 37.5 Å². The zero-order chi connectivity index (χ0) is 13.8. The molecule has 1 aromatic heterocycles. The molecule has 0 saturated carbocycles. The van der Waals surface area contributed by atoms with Gasteiger partial charge in [0, 0.05) is 32.0 Å².